The summed E-state index contributed by atoms with van der Waals surface area (Å²) in [6.07, 6.45) is 3.82. The maximum atomic E-state index is 11.0. The van der Waals surface area contributed by atoms with Crippen LogP contribution in [0.5, 0.6) is 0 Å². The molecule has 1 aromatic rings. The van der Waals surface area contributed by atoms with Crippen LogP contribution in [-0.2, 0) is 4.79 Å². The number of carbonyl (C=O) groups excluding carboxylic acids is 1. The van der Waals surface area contributed by atoms with Crippen molar-refractivity contribution in [1.82, 2.24) is 0 Å². The molecule has 0 spiro atoms. The van der Waals surface area contributed by atoms with Gasteiger partial charge in [0.2, 0.25) is 0 Å². The summed E-state index contributed by atoms with van der Waals surface area (Å²) in [6, 6.07) is 10.1. The first kappa shape index (κ1) is 9.41. The van der Waals surface area contributed by atoms with Crippen molar-refractivity contribution in [3.8, 4) is 0 Å². The zero-order chi connectivity index (χ0) is 10.0. The molecule has 1 aliphatic carbocycles. The maximum absolute atomic E-state index is 11.0. The van der Waals surface area contributed by atoms with E-state index in [1.165, 1.54) is 5.56 Å². The molecule has 0 radical (unpaired) electrons. The Hall–Kier alpha value is -1.15. The number of hydrogen-bond donors (Lipinski definition) is 1. The van der Waals surface area contributed by atoms with Crippen LogP contribution in [0.1, 0.15) is 30.7 Å². The van der Waals surface area contributed by atoms with Gasteiger partial charge in [-0.05, 0) is 18.4 Å². The zero-order valence-corrected chi connectivity index (χ0v) is 8.15. The smallest absolute Gasteiger partial charge is 0.140 e. The fourth-order valence-electron chi connectivity index (χ4n) is 2.36. The van der Waals surface area contributed by atoms with Crippen molar-refractivity contribution in [2.24, 2.45) is 5.73 Å². The lowest BCUT2D eigenvalue weighted by Gasteiger charge is -2.25. The number of rotatable bonds is 2. The van der Waals surface area contributed by atoms with Gasteiger partial charge in [-0.1, -0.05) is 36.8 Å². The summed E-state index contributed by atoms with van der Waals surface area (Å²) < 4.78 is 0. The quantitative estimate of drug-likeness (QED) is 0.721. The second-order valence-corrected chi connectivity index (χ2v) is 4.09. The van der Waals surface area contributed by atoms with Crippen molar-refractivity contribution < 1.29 is 4.79 Å². The lowest BCUT2D eigenvalue weighted by Crippen LogP contribution is -2.43. The molecule has 2 N–H and O–H groups in total. The normalized spacial score (nSPS) is 31.6. The fraction of sp³-hybridized carbons (Fsp3) is 0.417. The van der Waals surface area contributed by atoms with Crippen LogP contribution < -0.4 is 5.73 Å². The fourth-order valence-corrected chi connectivity index (χ4v) is 2.36. The molecule has 74 valence electrons. The molecule has 14 heavy (non-hydrogen) atoms. The highest BCUT2D eigenvalue weighted by molar-refractivity contribution is 5.67. The molecular weight excluding hydrogens is 174 g/mol. The molecule has 1 fully saturated rings. The van der Waals surface area contributed by atoms with E-state index in [-0.39, 0.29) is 5.92 Å². The highest BCUT2D eigenvalue weighted by Crippen LogP contribution is 2.39. The minimum atomic E-state index is -0.624. The van der Waals surface area contributed by atoms with E-state index in [9.17, 15) is 4.79 Å². The van der Waals surface area contributed by atoms with Crippen molar-refractivity contribution in [1.29, 1.82) is 0 Å². The molecule has 2 unspecified atom stereocenters. The molecule has 0 aliphatic heterocycles. The third-order valence-corrected chi connectivity index (χ3v) is 3.17. The Kier molecular flexibility index (Phi) is 2.38. The van der Waals surface area contributed by atoms with Crippen LogP contribution in [0, 0.1) is 0 Å². The van der Waals surface area contributed by atoms with Crippen LogP contribution in [0.3, 0.4) is 0 Å². The van der Waals surface area contributed by atoms with E-state index in [4.69, 9.17) is 5.73 Å². The second kappa shape index (κ2) is 3.54. The molecule has 2 atom stereocenters. The molecule has 1 saturated carbocycles. The van der Waals surface area contributed by atoms with Crippen LogP contribution in [-0.4, -0.2) is 11.8 Å². The monoisotopic (exact) mass is 189 g/mol. The SMILES string of the molecule is NC1(C=O)CCCC1c1ccccc1. The van der Waals surface area contributed by atoms with Gasteiger partial charge in [-0.2, -0.15) is 0 Å². The van der Waals surface area contributed by atoms with E-state index in [0.717, 1.165) is 25.5 Å². The van der Waals surface area contributed by atoms with Gasteiger partial charge in [0.05, 0.1) is 5.54 Å². The van der Waals surface area contributed by atoms with Gasteiger partial charge in [-0.25, -0.2) is 0 Å². The summed E-state index contributed by atoms with van der Waals surface area (Å²) in [5.41, 5.74) is 6.64. The highest BCUT2D eigenvalue weighted by Gasteiger charge is 2.39. The summed E-state index contributed by atoms with van der Waals surface area (Å²) >= 11 is 0. The molecular formula is C12H15NO. The van der Waals surface area contributed by atoms with Crippen molar-refractivity contribution in [3.05, 3.63) is 35.9 Å². The van der Waals surface area contributed by atoms with Gasteiger partial charge >= 0.3 is 0 Å². The molecule has 1 aliphatic rings. The van der Waals surface area contributed by atoms with Gasteiger partial charge in [-0.15, -0.1) is 0 Å². The highest BCUT2D eigenvalue weighted by atomic mass is 16.1. The van der Waals surface area contributed by atoms with Crippen molar-refractivity contribution in [3.63, 3.8) is 0 Å². The van der Waals surface area contributed by atoms with Crippen molar-refractivity contribution in [2.45, 2.75) is 30.7 Å². The number of aldehydes is 1. The standard InChI is InChI=1S/C12H15NO/c13-12(9-14)8-4-7-11(12)10-5-2-1-3-6-10/h1-3,5-6,9,11H,4,7-8,13H2. The topological polar surface area (TPSA) is 43.1 Å². The molecule has 1 aromatic carbocycles. The van der Waals surface area contributed by atoms with Crippen LogP contribution in [0.4, 0.5) is 0 Å². The zero-order valence-electron chi connectivity index (χ0n) is 8.15. The molecule has 0 amide bonds. The van der Waals surface area contributed by atoms with Crippen molar-refractivity contribution in [2.75, 3.05) is 0 Å². The lowest BCUT2D eigenvalue weighted by molar-refractivity contribution is -0.112. The van der Waals surface area contributed by atoms with E-state index in [1.54, 1.807) is 0 Å². The Morgan fingerprint density at radius 3 is 2.71 bits per heavy atom. The molecule has 0 bridgehead atoms. The van der Waals surface area contributed by atoms with Crippen LogP contribution >= 0.6 is 0 Å². The third-order valence-electron chi connectivity index (χ3n) is 3.17. The van der Waals surface area contributed by atoms with Gasteiger partial charge in [0, 0.05) is 5.92 Å². The van der Waals surface area contributed by atoms with Gasteiger partial charge in [-0.3, -0.25) is 0 Å². The summed E-state index contributed by atoms with van der Waals surface area (Å²) in [4.78, 5) is 11.0. The second-order valence-electron chi connectivity index (χ2n) is 4.09. The Morgan fingerprint density at radius 2 is 2.07 bits per heavy atom. The first-order chi connectivity index (χ1) is 6.76. The van der Waals surface area contributed by atoms with Gasteiger partial charge in [0.25, 0.3) is 0 Å². The molecule has 2 rings (SSSR count). The van der Waals surface area contributed by atoms with Crippen LogP contribution in [0.2, 0.25) is 0 Å². The summed E-state index contributed by atoms with van der Waals surface area (Å²) in [6.45, 7) is 0. The summed E-state index contributed by atoms with van der Waals surface area (Å²) in [7, 11) is 0. The third kappa shape index (κ3) is 1.46. The summed E-state index contributed by atoms with van der Waals surface area (Å²) in [5.74, 6) is 0.209. The first-order valence-electron chi connectivity index (χ1n) is 5.06. The Morgan fingerprint density at radius 1 is 1.36 bits per heavy atom. The van der Waals surface area contributed by atoms with E-state index in [1.807, 2.05) is 18.2 Å². The molecule has 2 nitrogen and oxygen atoms in total. The van der Waals surface area contributed by atoms with E-state index >= 15 is 0 Å². The Labute approximate surface area is 84.1 Å². The number of benzene rings is 1. The minimum Gasteiger partial charge on any atom is -0.319 e. The van der Waals surface area contributed by atoms with Crippen molar-refractivity contribution >= 4 is 6.29 Å². The van der Waals surface area contributed by atoms with Crippen LogP contribution in [0.15, 0.2) is 30.3 Å². The average Bonchev–Trinajstić information content (AvgIpc) is 2.63. The molecule has 0 heterocycles. The van der Waals surface area contributed by atoms with Crippen LogP contribution in [0.25, 0.3) is 0 Å². The molecule has 2 heteroatoms. The minimum absolute atomic E-state index is 0.209. The van der Waals surface area contributed by atoms with E-state index < -0.39 is 5.54 Å². The number of nitrogens with two attached hydrogens (primary N) is 1. The Bertz CT molecular complexity index is 322. The van der Waals surface area contributed by atoms with Gasteiger partial charge < -0.3 is 10.5 Å². The van der Waals surface area contributed by atoms with E-state index in [2.05, 4.69) is 12.1 Å². The maximum Gasteiger partial charge on any atom is 0.140 e. The number of carbonyl (C=O) groups is 1. The average molecular weight is 189 g/mol. The van der Waals surface area contributed by atoms with E-state index in [0.29, 0.717) is 0 Å². The number of hydrogen-bond acceptors (Lipinski definition) is 2. The summed E-state index contributed by atoms with van der Waals surface area (Å²) in [5, 5.41) is 0. The largest absolute Gasteiger partial charge is 0.319 e. The van der Waals surface area contributed by atoms with Gasteiger partial charge in [0.1, 0.15) is 6.29 Å². The predicted octanol–water partition coefficient (Wildman–Crippen LogP) is 1.85. The Balaban J connectivity index is 2.31. The molecule has 0 saturated heterocycles. The molecule has 0 aromatic heterocycles. The predicted molar refractivity (Wildman–Crippen MR) is 56.0 cm³/mol. The first-order valence-corrected chi connectivity index (χ1v) is 5.06. The van der Waals surface area contributed by atoms with Gasteiger partial charge in [0.15, 0.2) is 0 Å². The lowest BCUT2D eigenvalue weighted by atomic mass is 9.84.